The minimum Gasteiger partial charge on any atom is -0.493 e. The lowest BCUT2D eigenvalue weighted by Crippen LogP contribution is -2.34. The van der Waals surface area contributed by atoms with Crippen LogP contribution >= 0.6 is 0 Å². The molecule has 0 aliphatic heterocycles. The van der Waals surface area contributed by atoms with Crippen molar-refractivity contribution < 1.29 is 24.2 Å². The van der Waals surface area contributed by atoms with Crippen molar-refractivity contribution >= 4 is 11.9 Å². The topological polar surface area (TPSA) is 84.9 Å². The quantitative estimate of drug-likeness (QED) is 0.716. The number of carboxylic acids is 1. The summed E-state index contributed by atoms with van der Waals surface area (Å²) in [4.78, 5) is 23.2. The number of benzene rings is 1. The van der Waals surface area contributed by atoms with Gasteiger partial charge in [-0.3, -0.25) is 9.59 Å². The average molecular weight is 305 g/mol. The Bertz CT molecular complexity index is 592. The minimum absolute atomic E-state index is 0.137. The van der Waals surface area contributed by atoms with E-state index in [2.05, 4.69) is 11.9 Å². The van der Waals surface area contributed by atoms with E-state index in [1.165, 1.54) is 7.11 Å². The van der Waals surface area contributed by atoms with Crippen LogP contribution < -0.4 is 14.8 Å². The van der Waals surface area contributed by atoms with Gasteiger partial charge >= 0.3 is 5.97 Å². The number of ether oxygens (including phenoxy) is 2. The molecule has 1 amide bonds. The van der Waals surface area contributed by atoms with Crippen LogP contribution in [0.5, 0.6) is 11.5 Å². The van der Waals surface area contributed by atoms with Crippen LogP contribution in [-0.4, -0.2) is 37.2 Å². The van der Waals surface area contributed by atoms with E-state index in [0.717, 1.165) is 0 Å². The summed E-state index contributed by atoms with van der Waals surface area (Å²) in [5.74, 6) is -0.239. The number of aliphatic carboxylic acids is 1. The molecule has 0 spiro atoms. The SMILES string of the molecule is C=CCOc1ccc(C(=O)NCC2(C(=O)O)CC2)cc1OC. The van der Waals surface area contributed by atoms with Gasteiger partial charge in [-0.2, -0.15) is 0 Å². The highest BCUT2D eigenvalue weighted by molar-refractivity contribution is 5.95. The lowest BCUT2D eigenvalue weighted by atomic mass is 10.1. The zero-order chi connectivity index (χ0) is 16.2. The maximum atomic E-state index is 12.1. The number of hydrogen-bond donors (Lipinski definition) is 2. The first-order valence-electron chi connectivity index (χ1n) is 6.96. The van der Waals surface area contributed by atoms with E-state index in [9.17, 15) is 9.59 Å². The molecule has 0 atom stereocenters. The molecule has 6 nitrogen and oxygen atoms in total. The molecule has 0 bridgehead atoms. The van der Waals surface area contributed by atoms with E-state index in [0.29, 0.717) is 36.5 Å². The van der Waals surface area contributed by atoms with E-state index in [1.54, 1.807) is 24.3 Å². The van der Waals surface area contributed by atoms with Crippen molar-refractivity contribution in [2.45, 2.75) is 12.8 Å². The summed E-state index contributed by atoms with van der Waals surface area (Å²) in [6.45, 7) is 4.04. The van der Waals surface area contributed by atoms with Gasteiger partial charge in [0, 0.05) is 12.1 Å². The number of hydrogen-bond acceptors (Lipinski definition) is 4. The van der Waals surface area contributed by atoms with Crippen molar-refractivity contribution in [2.24, 2.45) is 5.41 Å². The second kappa shape index (κ2) is 6.51. The molecule has 1 aliphatic rings. The van der Waals surface area contributed by atoms with Crippen LogP contribution in [0.4, 0.5) is 0 Å². The van der Waals surface area contributed by atoms with Crippen LogP contribution in [-0.2, 0) is 4.79 Å². The second-order valence-corrected chi connectivity index (χ2v) is 5.23. The third kappa shape index (κ3) is 3.39. The monoisotopic (exact) mass is 305 g/mol. The van der Waals surface area contributed by atoms with Crippen molar-refractivity contribution in [3.8, 4) is 11.5 Å². The van der Waals surface area contributed by atoms with Crippen LogP contribution in [0.1, 0.15) is 23.2 Å². The number of rotatable bonds is 8. The van der Waals surface area contributed by atoms with Crippen LogP contribution in [0, 0.1) is 5.41 Å². The highest BCUT2D eigenvalue weighted by Gasteiger charge is 2.50. The summed E-state index contributed by atoms with van der Waals surface area (Å²) < 4.78 is 10.6. The largest absolute Gasteiger partial charge is 0.493 e. The fourth-order valence-corrected chi connectivity index (χ4v) is 2.05. The number of nitrogens with one attached hydrogen (secondary N) is 1. The third-order valence-electron chi connectivity index (χ3n) is 3.68. The van der Waals surface area contributed by atoms with Crippen molar-refractivity contribution in [3.63, 3.8) is 0 Å². The number of amides is 1. The molecule has 0 aromatic heterocycles. The summed E-state index contributed by atoms with van der Waals surface area (Å²) in [7, 11) is 1.49. The van der Waals surface area contributed by atoms with E-state index in [-0.39, 0.29) is 12.5 Å². The molecule has 0 saturated heterocycles. The fourth-order valence-electron chi connectivity index (χ4n) is 2.05. The molecule has 1 saturated carbocycles. The van der Waals surface area contributed by atoms with Crippen molar-refractivity contribution in [1.82, 2.24) is 5.32 Å². The van der Waals surface area contributed by atoms with Gasteiger partial charge in [0.25, 0.3) is 5.91 Å². The predicted molar refractivity (Wildman–Crippen MR) is 80.3 cm³/mol. The van der Waals surface area contributed by atoms with E-state index >= 15 is 0 Å². The zero-order valence-electron chi connectivity index (χ0n) is 12.4. The van der Waals surface area contributed by atoms with Gasteiger partial charge in [-0.05, 0) is 31.0 Å². The smallest absolute Gasteiger partial charge is 0.311 e. The average Bonchev–Trinajstić information content (AvgIpc) is 3.31. The number of carboxylic acid groups (broad SMARTS) is 1. The van der Waals surface area contributed by atoms with Crippen LogP contribution in [0.2, 0.25) is 0 Å². The molecule has 2 rings (SSSR count). The lowest BCUT2D eigenvalue weighted by Gasteiger charge is -2.13. The van der Waals surface area contributed by atoms with Gasteiger partial charge in [0.2, 0.25) is 0 Å². The van der Waals surface area contributed by atoms with Gasteiger partial charge < -0.3 is 19.9 Å². The van der Waals surface area contributed by atoms with E-state index in [1.807, 2.05) is 0 Å². The highest BCUT2D eigenvalue weighted by Crippen LogP contribution is 2.45. The first kappa shape index (κ1) is 15.9. The summed E-state index contributed by atoms with van der Waals surface area (Å²) in [5.41, 5.74) is -0.392. The molecular weight excluding hydrogens is 286 g/mol. The molecule has 22 heavy (non-hydrogen) atoms. The Morgan fingerprint density at radius 2 is 2.14 bits per heavy atom. The van der Waals surface area contributed by atoms with Crippen LogP contribution in [0.25, 0.3) is 0 Å². The Balaban J connectivity index is 2.03. The normalized spacial score (nSPS) is 14.8. The van der Waals surface area contributed by atoms with Gasteiger partial charge in [-0.15, -0.1) is 0 Å². The molecule has 1 aromatic carbocycles. The predicted octanol–water partition coefficient (Wildman–Crippen LogP) is 1.85. The molecule has 1 aliphatic carbocycles. The Morgan fingerprint density at radius 3 is 2.68 bits per heavy atom. The number of carbonyl (C=O) groups is 2. The minimum atomic E-state index is -0.862. The van der Waals surface area contributed by atoms with Crippen molar-refractivity contribution in [1.29, 1.82) is 0 Å². The molecule has 0 radical (unpaired) electrons. The van der Waals surface area contributed by atoms with E-state index in [4.69, 9.17) is 14.6 Å². The maximum absolute atomic E-state index is 12.1. The number of carbonyl (C=O) groups excluding carboxylic acids is 1. The molecule has 1 aromatic rings. The molecule has 118 valence electrons. The van der Waals surface area contributed by atoms with Crippen LogP contribution in [0.15, 0.2) is 30.9 Å². The summed E-state index contributed by atoms with van der Waals surface area (Å²) >= 11 is 0. The fraction of sp³-hybridized carbons (Fsp3) is 0.375. The van der Waals surface area contributed by atoms with Crippen molar-refractivity contribution in [3.05, 3.63) is 36.4 Å². The summed E-state index contributed by atoms with van der Waals surface area (Å²) in [6.07, 6.45) is 2.81. The Hall–Kier alpha value is -2.50. The first-order valence-corrected chi connectivity index (χ1v) is 6.96. The molecule has 0 unspecified atom stereocenters. The van der Waals surface area contributed by atoms with Gasteiger partial charge in [-0.25, -0.2) is 0 Å². The Morgan fingerprint density at radius 1 is 1.41 bits per heavy atom. The highest BCUT2D eigenvalue weighted by atomic mass is 16.5. The molecule has 1 fully saturated rings. The number of methoxy groups -OCH3 is 1. The summed E-state index contributed by atoms with van der Waals surface area (Å²) in [6, 6.07) is 4.81. The van der Waals surface area contributed by atoms with Gasteiger partial charge in [0.1, 0.15) is 6.61 Å². The second-order valence-electron chi connectivity index (χ2n) is 5.23. The van der Waals surface area contributed by atoms with Crippen LogP contribution in [0.3, 0.4) is 0 Å². The zero-order valence-corrected chi connectivity index (χ0v) is 12.4. The van der Waals surface area contributed by atoms with Gasteiger partial charge in [0.05, 0.1) is 12.5 Å². The third-order valence-corrected chi connectivity index (χ3v) is 3.68. The first-order chi connectivity index (χ1) is 10.5. The Kier molecular flexibility index (Phi) is 4.70. The molecule has 6 heteroatoms. The maximum Gasteiger partial charge on any atom is 0.311 e. The van der Waals surface area contributed by atoms with Gasteiger partial charge in [0.15, 0.2) is 11.5 Å². The van der Waals surface area contributed by atoms with Gasteiger partial charge in [-0.1, -0.05) is 12.7 Å². The molecule has 0 heterocycles. The molecule has 2 N–H and O–H groups in total. The molecular formula is C16H19NO5. The van der Waals surface area contributed by atoms with Crippen molar-refractivity contribution in [2.75, 3.05) is 20.3 Å². The lowest BCUT2D eigenvalue weighted by molar-refractivity contribution is -0.143. The standard InChI is InChI=1S/C16H19NO5/c1-3-8-22-12-5-4-11(9-13(12)21-2)14(18)17-10-16(6-7-16)15(19)20/h3-5,9H,1,6-8,10H2,2H3,(H,17,18)(H,19,20). The van der Waals surface area contributed by atoms with E-state index < -0.39 is 11.4 Å². The summed E-state index contributed by atoms with van der Waals surface area (Å²) in [5, 5.41) is 11.8. The Labute approximate surface area is 128 Å².